The number of rotatable bonds is 3. The molecule has 1 saturated heterocycles. The van der Waals surface area contributed by atoms with Crippen molar-refractivity contribution in [2.75, 3.05) is 12.4 Å². The van der Waals surface area contributed by atoms with E-state index >= 15 is 0 Å². The lowest BCUT2D eigenvalue weighted by atomic mass is 9.98. The Morgan fingerprint density at radius 3 is 2.95 bits per heavy atom. The van der Waals surface area contributed by atoms with Crippen LogP contribution in [-0.2, 0) is 9.59 Å². The molecule has 2 aromatic rings. The van der Waals surface area contributed by atoms with Crippen LogP contribution in [0.25, 0.3) is 0 Å². The number of amides is 2. The zero-order valence-corrected chi connectivity index (χ0v) is 13.3. The number of anilines is 1. The van der Waals surface area contributed by atoms with Crippen molar-refractivity contribution >= 4 is 39.6 Å². The van der Waals surface area contributed by atoms with Gasteiger partial charge in [0.05, 0.1) is 12.0 Å². The summed E-state index contributed by atoms with van der Waals surface area (Å²) in [5.41, 5.74) is 0. The van der Waals surface area contributed by atoms with Crippen molar-refractivity contribution in [2.45, 2.75) is 19.4 Å². The molecule has 0 saturated carbocycles. The lowest BCUT2D eigenvalue weighted by molar-refractivity contribution is -0.127. The van der Waals surface area contributed by atoms with E-state index in [9.17, 15) is 9.59 Å². The summed E-state index contributed by atoms with van der Waals surface area (Å²) < 4.78 is 0. The molecule has 1 aliphatic rings. The summed E-state index contributed by atoms with van der Waals surface area (Å²) in [6.45, 7) is 1.94. The molecule has 3 rings (SSSR count). The van der Waals surface area contributed by atoms with E-state index in [0.29, 0.717) is 5.13 Å². The van der Waals surface area contributed by atoms with Crippen molar-refractivity contribution in [1.29, 1.82) is 0 Å². The van der Waals surface area contributed by atoms with Crippen LogP contribution >= 0.6 is 22.7 Å². The molecule has 110 valence electrons. The molecule has 2 aromatic heterocycles. The van der Waals surface area contributed by atoms with E-state index in [1.54, 1.807) is 29.5 Å². The first-order chi connectivity index (χ1) is 10.1. The standard InChI is InChI=1S/C14H15N3O2S2/c1-8-7-15-14(21-8)16-13(19)9-6-11(18)17(2)12(9)10-4-3-5-20-10/h3-5,7,9,12H,6H2,1-2H3,(H,15,16,19)/t9-,12-/m1/s1. The number of nitrogens with zero attached hydrogens (tertiary/aromatic N) is 2. The van der Waals surface area contributed by atoms with Crippen LogP contribution < -0.4 is 5.32 Å². The molecular weight excluding hydrogens is 306 g/mol. The first-order valence-electron chi connectivity index (χ1n) is 6.58. The Bertz CT molecular complexity index is 666. The molecular formula is C14H15N3O2S2. The number of nitrogens with one attached hydrogen (secondary N) is 1. The molecule has 0 unspecified atom stereocenters. The van der Waals surface area contributed by atoms with E-state index in [1.807, 2.05) is 24.4 Å². The normalized spacial score (nSPS) is 21.8. The molecule has 3 heterocycles. The van der Waals surface area contributed by atoms with E-state index < -0.39 is 0 Å². The monoisotopic (exact) mass is 321 g/mol. The quantitative estimate of drug-likeness (QED) is 0.945. The van der Waals surface area contributed by atoms with Crippen LogP contribution in [0, 0.1) is 12.8 Å². The number of thiazole rings is 1. The molecule has 21 heavy (non-hydrogen) atoms. The number of likely N-dealkylation sites (tertiary alicyclic amines) is 1. The highest BCUT2D eigenvalue weighted by atomic mass is 32.1. The van der Waals surface area contributed by atoms with Gasteiger partial charge in [0.25, 0.3) is 0 Å². The maximum atomic E-state index is 12.5. The largest absolute Gasteiger partial charge is 0.337 e. The minimum absolute atomic E-state index is 0.00358. The average molecular weight is 321 g/mol. The number of hydrogen-bond donors (Lipinski definition) is 1. The number of aromatic nitrogens is 1. The van der Waals surface area contributed by atoms with Gasteiger partial charge in [-0.15, -0.1) is 22.7 Å². The third-order valence-corrected chi connectivity index (χ3v) is 5.38. The molecule has 0 spiro atoms. The number of aryl methyl sites for hydroxylation is 1. The summed E-state index contributed by atoms with van der Waals surface area (Å²) >= 11 is 3.01. The van der Waals surface area contributed by atoms with Crippen LogP contribution in [0.2, 0.25) is 0 Å². The van der Waals surface area contributed by atoms with Crippen LogP contribution in [0.3, 0.4) is 0 Å². The summed E-state index contributed by atoms with van der Waals surface area (Å²) in [6, 6.07) is 3.73. The number of carbonyl (C=O) groups excluding carboxylic acids is 2. The van der Waals surface area contributed by atoms with Gasteiger partial charge >= 0.3 is 0 Å². The van der Waals surface area contributed by atoms with Crippen molar-refractivity contribution in [1.82, 2.24) is 9.88 Å². The van der Waals surface area contributed by atoms with Crippen LogP contribution in [0.4, 0.5) is 5.13 Å². The first kappa shape index (κ1) is 14.2. The summed E-state index contributed by atoms with van der Waals surface area (Å²) in [4.78, 5) is 32.4. The number of hydrogen-bond acceptors (Lipinski definition) is 5. The number of thiophene rings is 1. The fourth-order valence-corrected chi connectivity index (χ4v) is 4.16. The maximum absolute atomic E-state index is 12.5. The second-order valence-corrected chi connectivity index (χ2v) is 7.25. The fourth-order valence-electron chi connectivity index (χ4n) is 2.56. The van der Waals surface area contributed by atoms with Gasteiger partial charge in [-0.1, -0.05) is 6.07 Å². The van der Waals surface area contributed by atoms with Gasteiger partial charge in [0.15, 0.2) is 5.13 Å². The van der Waals surface area contributed by atoms with Gasteiger partial charge in [-0.2, -0.15) is 0 Å². The van der Waals surface area contributed by atoms with Gasteiger partial charge in [0, 0.05) is 29.4 Å². The molecule has 0 aliphatic carbocycles. The van der Waals surface area contributed by atoms with Crippen molar-refractivity contribution in [3.8, 4) is 0 Å². The molecule has 0 bridgehead atoms. The predicted molar refractivity (Wildman–Crippen MR) is 83.4 cm³/mol. The summed E-state index contributed by atoms with van der Waals surface area (Å²) in [6.07, 6.45) is 1.97. The van der Waals surface area contributed by atoms with E-state index in [-0.39, 0.29) is 30.2 Å². The average Bonchev–Trinajstić information content (AvgIpc) is 3.14. The van der Waals surface area contributed by atoms with Gasteiger partial charge in [0.2, 0.25) is 11.8 Å². The zero-order chi connectivity index (χ0) is 15.0. The van der Waals surface area contributed by atoms with Gasteiger partial charge in [-0.3, -0.25) is 9.59 Å². The Hall–Kier alpha value is -1.73. The molecule has 0 aromatic carbocycles. The minimum atomic E-state index is -0.370. The smallest absolute Gasteiger partial charge is 0.232 e. The molecule has 2 amide bonds. The Morgan fingerprint density at radius 1 is 1.52 bits per heavy atom. The highest BCUT2D eigenvalue weighted by molar-refractivity contribution is 7.15. The van der Waals surface area contributed by atoms with Crippen LogP contribution in [-0.4, -0.2) is 28.7 Å². The van der Waals surface area contributed by atoms with Crippen molar-refractivity contribution in [3.63, 3.8) is 0 Å². The SMILES string of the molecule is Cc1cnc(NC(=O)[C@@H]2CC(=O)N(C)[C@H]2c2cccs2)s1. The van der Waals surface area contributed by atoms with Gasteiger partial charge in [0.1, 0.15) is 0 Å². The molecule has 1 aliphatic heterocycles. The molecule has 0 radical (unpaired) electrons. The summed E-state index contributed by atoms with van der Waals surface area (Å²) in [5, 5.41) is 5.38. The number of carbonyl (C=O) groups is 2. The molecule has 5 nitrogen and oxygen atoms in total. The van der Waals surface area contributed by atoms with Crippen molar-refractivity contribution in [3.05, 3.63) is 33.5 Å². The maximum Gasteiger partial charge on any atom is 0.232 e. The van der Waals surface area contributed by atoms with Crippen LogP contribution in [0.1, 0.15) is 22.2 Å². The van der Waals surface area contributed by atoms with Crippen molar-refractivity contribution < 1.29 is 9.59 Å². The Kier molecular flexibility index (Phi) is 3.77. The van der Waals surface area contributed by atoms with Gasteiger partial charge in [-0.25, -0.2) is 4.98 Å². The van der Waals surface area contributed by atoms with E-state index in [4.69, 9.17) is 0 Å². The molecule has 1 fully saturated rings. The first-order valence-corrected chi connectivity index (χ1v) is 8.28. The highest BCUT2D eigenvalue weighted by Gasteiger charge is 2.43. The summed E-state index contributed by atoms with van der Waals surface area (Å²) in [5.74, 6) is -0.505. The molecule has 1 N–H and O–H groups in total. The van der Waals surface area contributed by atoms with Crippen molar-refractivity contribution in [2.24, 2.45) is 5.92 Å². The van der Waals surface area contributed by atoms with Crippen LogP contribution in [0.15, 0.2) is 23.7 Å². The predicted octanol–water partition coefficient (Wildman–Crippen LogP) is 2.67. The third-order valence-electron chi connectivity index (χ3n) is 3.61. The second kappa shape index (κ2) is 5.57. The Balaban J connectivity index is 1.82. The highest BCUT2D eigenvalue weighted by Crippen LogP contribution is 2.39. The van der Waals surface area contributed by atoms with E-state index in [0.717, 1.165) is 9.75 Å². The molecule has 7 heteroatoms. The van der Waals surface area contributed by atoms with Crippen LogP contribution in [0.5, 0.6) is 0 Å². The lowest BCUT2D eigenvalue weighted by Crippen LogP contribution is -2.29. The Morgan fingerprint density at radius 2 is 2.33 bits per heavy atom. The van der Waals surface area contributed by atoms with E-state index in [1.165, 1.54) is 11.3 Å². The second-order valence-electron chi connectivity index (χ2n) is 5.04. The van der Waals surface area contributed by atoms with Gasteiger partial charge in [-0.05, 0) is 18.4 Å². The third kappa shape index (κ3) is 2.71. The Labute approximate surface area is 130 Å². The van der Waals surface area contributed by atoms with Gasteiger partial charge < -0.3 is 10.2 Å². The zero-order valence-electron chi connectivity index (χ0n) is 11.7. The minimum Gasteiger partial charge on any atom is -0.337 e. The topological polar surface area (TPSA) is 62.3 Å². The van der Waals surface area contributed by atoms with E-state index in [2.05, 4.69) is 10.3 Å². The fraction of sp³-hybridized carbons (Fsp3) is 0.357. The summed E-state index contributed by atoms with van der Waals surface area (Å²) in [7, 11) is 1.76. The lowest BCUT2D eigenvalue weighted by Gasteiger charge is -2.23. The molecule has 2 atom stereocenters.